The third-order valence-corrected chi connectivity index (χ3v) is 4.06. The van der Waals surface area contributed by atoms with Crippen molar-refractivity contribution in [2.24, 2.45) is 11.8 Å². The second-order valence-electron chi connectivity index (χ2n) is 5.79. The van der Waals surface area contributed by atoms with E-state index in [4.69, 9.17) is 11.2 Å². The molecule has 0 saturated heterocycles. The number of hydrogen-bond donors (Lipinski definition) is 2. The van der Waals surface area contributed by atoms with Gasteiger partial charge in [0.2, 0.25) is 0 Å². The number of allylic oxidation sites excluding steroid dienone is 2. The molecular weight excluding hydrogens is 250 g/mol. The number of aliphatic hydroxyl groups is 1. The Labute approximate surface area is 123 Å². The van der Waals surface area contributed by atoms with E-state index < -0.39 is 6.10 Å². The van der Waals surface area contributed by atoms with E-state index in [2.05, 4.69) is 37.2 Å². The summed E-state index contributed by atoms with van der Waals surface area (Å²) in [7, 11) is 0. The van der Waals surface area contributed by atoms with Gasteiger partial charge in [-0.1, -0.05) is 26.0 Å². The Kier molecular flexibility index (Phi) is 8.60. The Morgan fingerprint density at radius 2 is 2.20 bits per heavy atom. The average Bonchev–Trinajstić information content (AvgIpc) is 2.45. The molecule has 2 N–H and O–H groups in total. The van der Waals surface area contributed by atoms with E-state index in [1.807, 2.05) is 0 Å². The van der Waals surface area contributed by atoms with Crippen molar-refractivity contribution in [3.63, 3.8) is 0 Å². The fourth-order valence-electron chi connectivity index (χ4n) is 2.46. The lowest BCUT2D eigenvalue weighted by Gasteiger charge is -2.25. The van der Waals surface area contributed by atoms with Crippen LogP contribution in [-0.2, 0) is 4.74 Å². The second-order valence-corrected chi connectivity index (χ2v) is 5.79. The minimum Gasteiger partial charge on any atom is -0.389 e. The molecule has 0 aromatic heterocycles. The summed E-state index contributed by atoms with van der Waals surface area (Å²) in [6.07, 6.45) is 13.2. The van der Waals surface area contributed by atoms with Gasteiger partial charge in [-0.3, -0.25) is 0 Å². The van der Waals surface area contributed by atoms with Crippen LogP contribution in [0.15, 0.2) is 12.2 Å². The Bertz CT molecular complexity index is 321. The van der Waals surface area contributed by atoms with E-state index in [9.17, 15) is 5.11 Å². The molecule has 0 saturated carbocycles. The Hall–Kier alpha value is -0.820. The molecular formula is C17H29NO2. The standard InChI is InChI=1S/C17H29NO2/c1-4-8-16(5-2)18-11-17(19)13-20-12-15-10-7-6-9-14(15)3/h1,6-7,14-19H,5,8-13H2,2-3H3. The number of nitrogens with one attached hydrogen (secondary N) is 1. The second kappa shape index (κ2) is 9.99. The molecule has 0 fully saturated rings. The molecule has 0 aliphatic heterocycles. The quantitative estimate of drug-likeness (QED) is 0.503. The summed E-state index contributed by atoms with van der Waals surface area (Å²) in [6.45, 7) is 6.04. The molecule has 3 heteroatoms. The van der Waals surface area contributed by atoms with Gasteiger partial charge in [0.1, 0.15) is 0 Å². The first-order valence-corrected chi connectivity index (χ1v) is 7.75. The zero-order valence-electron chi connectivity index (χ0n) is 12.8. The highest BCUT2D eigenvalue weighted by Crippen LogP contribution is 2.24. The Morgan fingerprint density at radius 3 is 2.85 bits per heavy atom. The maximum Gasteiger partial charge on any atom is 0.0897 e. The number of hydrogen-bond acceptors (Lipinski definition) is 3. The molecule has 0 radical (unpaired) electrons. The highest BCUT2D eigenvalue weighted by atomic mass is 16.5. The highest BCUT2D eigenvalue weighted by Gasteiger charge is 2.18. The van der Waals surface area contributed by atoms with Crippen molar-refractivity contribution >= 4 is 0 Å². The minimum absolute atomic E-state index is 0.290. The lowest BCUT2D eigenvalue weighted by atomic mass is 9.85. The number of rotatable bonds is 9. The van der Waals surface area contributed by atoms with Crippen molar-refractivity contribution in [2.75, 3.05) is 19.8 Å². The molecule has 0 bridgehead atoms. The summed E-state index contributed by atoms with van der Waals surface area (Å²) in [5.74, 6) is 3.92. The topological polar surface area (TPSA) is 41.5 Å². The van der Waals surface area contributed by atoms with Crippen LogP contribution in [0, 0.1) is 24.2 Å². The van der Waals surface area contributed by atoms with Crippen LogP contribution < -0.4 is 5.32 Å². The van der Waals surface area contributed by atoms with Crippen molar-refractivity contribution in [2.45, 2.75) is 51.7 Å². The molecule has 20 heavy (non-hydrogen) atoms. The monoisotopic (exact) mass is 279 g/mol. The van der Waals surface area contributed by atoms with Crippen LogP contribution in [-0.4, -0.2) is 37.0 Å². The van der Waals surface area contributed by atoms with Gasteiger partial charge < -0.3 is 15.2 Å². The molecule has 0 spiro atoms. The summed E-state index contributed by atoms with van der Waals surface area (Å²) in [5.41, 5.74) is 0. The molecule has 1 aliphatic rings. The van der Waals surface area contributed by atoms with Crippen LogP contribution in [0.25, 0.3) is 0 Å². The van der Waals surface area contributed by atoms with E-state index in [0.717, 1.165) is 25.9 Å². The first-order valence-electron chi connectivity index (χ1n) is 7.75. The molecule has 0 aromatic rings. The fraction of sp³-hybridized carbons (Fsp3) is 0.765. The predicted molar refractivity (Wildman–Crippen MR) is 83.4 cm³/mol. The lowest BCUT2D eigenvalue weighted by Crippen LogP contribution is -2.37. The molecule has 0 heterocycles. The van der Waals surface area contributed by atoms with Gasteiger partial charge in [-0.25, -0.2) is 0 Å². The van der Waals surface area contributed by atoms with Crippen LogP contribution >= 0.6 is 0 Å². The van der Waals surface area contributed by atoms with Gasteiger partial charge in [0.25, 0.3) is 0 Å². The SMILES string of the molecule is C#CCC(CC)NCC(O)COCC1CC=CCC1C. The molecule has 3 nitrogen and oxygen atoms in total. The lowest BCUT2D eigenvalue weighted by molar-refractivity contribution is 0.0119. The van der Waals surface area contributed by atoms with Crippen LogP contribution in [0.5, 0.6) is 0 Å². The van der Waals surface area contributed by atoms with Gasteiger partial charge in [0.15, 0.2) is 0 Å². The number of aliphatic hydroxyl groups excluding tert-OH is 1. The normalized spacial score (nSPS) is 25.1. The van der Waals surface area contributed by atoms with Crippen LogP contribution in [0.2, 0.25) is 0 Å². The third kappa shape index (κ3) is 6.56. The maximum atomic E-state index is 9.90. The summed E-state index contributed by atoms with van der Waals surface area (Å²) in [5, 5.41) is 13.2. The Balaban J connectivity index is 2.12. The molecule has 4 atom stereocenters. The molecule has 0 amide bonds. The average molecular weight is 279 g/mol. The smallest absolute Gasteiger partial charge is 0.0897 e. The third-order valence-electron chi connectivity index (χ3n) is 4.06. The molecule has 0 aromatic carbocycles. The Morgan fingerprint density at radius 1 is 1.45 bits per heavy atom. The van der Waals surface area contributed by atoms with Crippen molar-refractivity contribution in [3.8, 4) is 12.3 Å². The van der Waals surface area contributed by atoms with E-state index >= 15 is 0 Å². The van der Waals surface area contributed by atoms with Crippen molar-refractivity contribution < 1.29 is 9.84 Å². The van der Waals surface area contributed by atoms with Crippen molar-refractivity contribution in [1.82, 2.24) is 5.32 Å². The van der Waals surface area contributed by atoms with Gasteiger partial charge in [-0.15, -0.1) is 12.3 Å². The summed E-state index contributed by atoms with van der Waals surface area (Å²) in [6, 6.07) is 0.290. The summed E-state index contributed by atoms with van der Waals surface area (Å²) < 4.78 is 5.67. The van der Waals surface area contributed by atoms with Gasteiger partial charge in [0, 0.05) is 19.0 Å². The number of ether oxygens (including phenoxy) is 1. The minimum atomic E-state index is -0.462. The zero-order chi connectivity index (χ0) is 14.8. The van der Waals surface area contributed by atoms with Crippen molar-refractivity contribution in [1.29, 1.82) is 0 Å². The van der Waals surface area contributed by atoms with Gasteiger partial charge in [-0.2, -0.15) is 0 Å². The van der Waals surface area contributed by atoms with Crippen LogP contribution in [0.1, 0.15) is 39.5 Å². The van der Waals surface area contributed by atoms with Crippen LogP contribution in [0.4, 0.5) is 0 Å². The van der Waals surface area contributed by atoms with E-state index in [1.54, 1.807) is 0 Å². The van der Waals surface area contributed by atoms with E-state index in [-0.39, 0.29) is 6.04 Å². The van der Waals surface area contributed by atoms with E-state index in [1.165, 1.54) is 0 Å². The summed E-state index contributed by atoms with van der Waals surface area (Å²) >= 11 is 0. The fourth-order valence-corrected chi connectivity index (χ4v) is 2.46. The largest absolute Gasteiger partial charge is 0.389 e. The zero-order valence-corrected chi connectivity index (χ0v) is 12.8. The highest BCUT2D eigenvalue weighted by molar-refractivity contribution is 4.93. The first-order chi connectivity index (χ1) is 9.67. The molecule has 1 rings (SSSR count). The van der Waals surface area contributed by atoms with Crippen LogP contribution in [0.3, 0.4) is 0 Å². The molecule has 1 aliphatic carbocycles. The van der Waals surface area contributed by atoms with E-state index in [0.29, 0.717) is 31.4 Å². The maximum absolute atomic E-state index is 9.90. The molecule has 4 unspecified atom stereocenters. The first kappa shape index (κ1) is 17.2. The number of terminal acetylenes is 1. The predicted octanol–water partition coefficient (Wildman–Crippen LogP) is 2.36. The molecule has 114 valence electrons. The van der Waals surface area contributed by atoms with Gasteiger partial charge in [-0.05, 0) is 31.1 Å². The summed E-state index contributed by atoms with van der Waals surface area (Å²) in [4.78, 5) is 0. The van der Waals surface area contributed by atoms with Crippen molar-refractivity contribution in [3.05, 3.63) is 12.2 Å². The van der Waals surface area contributed by atoms with Gasteiger partial charge in [0.05, 0.1) is 19.3 Å². The van der Waals surface area contributed by atoms with Gasteiger partial charge >= 0.3 is 0 Å².